The van der Waals surface area contributed by atoms with Crippen LogP contribution in [0.25, 0.3) is 0 Å². The predicted molar refractivity (Wildman–Crippen MR) is 70.4 cm³/mol. The number of nitrogens with zero attached hydrogens (tertiary/aromatic N) is 1. The van der Waals surface area contributed by atoms with Gasteiger partial charge in [0.15, 0.2) is 0 Å². The van der Waals surface area contributed by atoms with Gasteiger partial charge in [-0.2, -0.15) is 4.31 Å². The second-order valence-corrected chi connectivity index (χ2v) is 6.61. The zero-order valence-corrected chi connectivity index (χ0v) is 11.6. The molecular weight excluding hydrogens is 268 g/mol. The number of ether oxygens (including phenoxy) is 1. The van der Waals surface area contributed by atoms with Crippen LogP contribution in [0, 0.1) is 5.92 Å². The van der Waals surface area contributed by atoms with Gasteiger partial charge in [0.25, 0.3) is 0 Å². The van der Waals surface area contributed by atoms with Crippen molar-refractivity contribution >= 4 is 10.0 Å². The molecule has 0 radical (unpaired) electrons. The Morgan fingerprint density at radius 2 is 2.32 bits per heavy atom. The number of hydrogen-bond donors (Lipinski definition) is 1. The second-order valence-electron chi connectivity index (χ2n) is 4.70. The summed E-state index contributed by atoms with van der Waals surface area (Å²) in [5.74, 6) is 0.191. The average molecular weight is 286 g/mol. The Hall–Kier alpha value is -1.18. The molecule has 1 saturated heterocycles. The first-order chi connectivity index (χ1) is 9.05. The van der Waals surface area contributed by atoms with Crippen LogP contribution in [0.3, 0.4) is 0 Å². The highest BCUT2D eigenvalue weighted by molar-refractivity contribution is 7.89. The molecule has 0 aliphatic carbocycles. The van der Waals surface area contributed by atoms with Crippen molar-refractivity contribution in [3.63, 3.8) is 0 Å². The largest absolute Gasteiger partial charge is 0.384 e. The van der Waals surface area contributed by atoms with Gasteiger partial charge in [-0.05, 0) is 18.8 Å². The Kier molecular flexibility index (Phi) is 4.38. The summed E-state index contributed by atoms with van der Waals surface area (Å²) in [4.78, 5) is 14.1. The summed E-state index contributed by atoms with van der Waals surface area (Å²) in [6.45, 7) is 1.40. The zero-order valence-electron chi connectivity index (χ0n) is 10.8. The van der Waals surface area contributed by atoms with Gasteiger partial charge in [0.2, 0.25) is 15.5 Å². The van der Waals surface area contributed by atoms with Crippen molar-refractivity contribution < 1.29 is 13.2 Å². The van der Waals surface area contributed by atoms with Gasteiger partial charge in [0.05, 0.1) is 6.61 Å². The molecule has 1 aliphatic rings. The molecule has 0 spiro atoms. The van der Waals surface area contributed by atoms with Crippen LogP contribution in [0.2, 0.25) is 0 Å². The fraction of sp³-hybridized carbons (Fsp3) is 0.583. The Balaban J connectivity index is 2.25. The van der Waals surface area contributed by atoms with Crippen molar-refractivity contribution in [2.75, 3.05) is 26.8 Å². The standard InChI is InChI=1S/C12H18N2O4S/c1-18-9-10-3-2-6-14(8-10)19(16,17)12-7-13-5-4-11(12)15/h4-5,7,10H,2-3,6,8-9H2,1H3,(H,13,15). The van der Waals surface area contributed by atoms with Crippen LogP contribution in [-0.4, -0.2) is 44.5 Å². The first-order valence-corrected chi connectivity index (χ1v) is 7.66. The Morgan fingerprint density at radius 3 is 3.00 bits per heavy atom. The molecule has 0 saturated carbocycles. The van der Waals surface area contributed by atoms with E-state index in [0.717, 1.165) is 12.8 Å². The molecule has 1 unspecified atom stereocenters. The first-order valence-electron chi connectivity index (χ1n) is 6.22. The summed E-state index contributed by atoms with van der Waals surface area (Å²) < 4.78 is 31.3. The van der Waals surface area contributed by atoms with E-state index in [1.165, 1.54) is 22.8 Å². The lowest BCUT2D eigenvalue weighted by molar-refractivity contribution is 0.118. The lowest BCUT2D eigenvalue weighted by Crippen LogP contribution is -2.42. The van der Waals surface area contributed by atoms with Crippen molar-refractivity contribution in [3.05, 3.63) is 28.7 Å². The van der Waals surface area contributed by atoms with Crippen LogP contribution < -0.4 is 5.43 Å². The minimum absolute atomic E-state index is 0.187. The van der Waals surface area contributed by atoms with E-state index in [4.69, 9.17) is 4.74 Å². The quantitative estimate of drug-likeness (QED) is 0.870. The number of piperidine rings is 1. The lowest BCUT2D eigenvalue weighted by Gasteiger charge is -2.31. The van der Waals surface area contributed by atoms with E-state index < -0.39 is 15.5 Å². The van der Waals surface area contributed by atoms with Crippen molar-refractivity contribution in [2.24, 2.45) is 5.92 Å². The maximum absolute atomic E-state index is 12.4. The van der Waals surface area contributed by atoms with E-state index in [0.29, 0.717) is 19.7 Å². The molecule has 6 nitrogen and oxygen atoms in total. The van der Waals surface area contributed by atoms with Gasteiger partial charge in [-0.15, -0.1) is 0 Å². The van der Waals surface area contributed by atoms with Crippen LogP contribution in [0.5, 0.6) is 0 Å². The average Bonchev–Trinajstić information content (AvgIpc) is 2.40. The molecule has 2 heterocycles. The number of nitrogens with one attached hydrogen (secondary N) is 1. The molecule has 0 aromatic carbocycles. The summed E-state index contributed by atoms with van der Waals surface area (Å²) in [5, 5.41) is 0. The molecule has 1 N–H and O–H groups in total. The fourth-order valence-electron chi connectivity index (χ4n) is 2.36. The Bertz CT molecular complexity index is 579. The third kappa shape index (κ3) is 3.05. The van der Waals surface area contributed by atoms with Crippen LogP contribution in [-0.2, 0) is 14.8 Å². The molecule has 19 heavy (non-hydrogen) atoms. The Morgan fingerprint density at radius 1 is 1.53 bits per heavy atom. The summed E-state index contributed by atoms with van der Waals surface area (Å²) in [6, 6.07) is 1.23. The van der Waals surface area contributed by atoms with Gasteiger partial charge in [0.1, 0.15) is 4.90 Å². The lowest BCUT2D eigenvalue weighted by atomic mass is 10.0. The van der Waals surface area contributed by atoms with Crippen molar-refractivity contribution in [3.8, 4) is 0 Å². The molecule has 1 atom stereocenters. The van der Waals surface area contributed by atoms with Gasteiger partial charge in [-0.3, -0.25) is 4.79 Å². The SMILES string of the molecule is COCC1CCCN(S(=O)(=O)c2c[nH]ccc2=O)C1. The number of hydrogen-bond acceptors (Lipinski definition) is 4. The van der Waals surface area contributed by atoms with Crippen molar-refractivity contribution in [1.82, 2.24) is 9.29 Å². The van der Waals surface area contributed by atoms with Gasteiger partial charge < -0.3 is 9.72 Å². The molecule has 1 aromatic heterocycles. The molecule has 0 amide bonds. The van der Waals surface area contributed by atoms with E-state index in [2.05, 4.69) is 4.98 Å². The predicted octanol–water partition coefficient (Wildman–Crippen LogP) is 0.422. The molecule has 1 aromatic rings. The highest BCUT2D eigenvalue weighted by Gasteiger charge is 2.31. The number of methoxy groups -OCH3 is 1. The minimum atomic E-state index is -3.71. The monoisotopic (exact) mass is 286 g/mol. The van der Waals surface area contributed by atoms with Crippen molar-refractivity contribution in [1.29, 1.82) is 0 Å². The van der Waals surface area contributed by atoms with E-state index >= 15 is 0 Å². The van der Waals surface area contributed by atoms with E-state index in [-0.39, 0.29) is 10.8 Å². The number of rotatable bonds is 4. The zero-order chi connectivity index (χ0) is 13.9. The maximum atomic E-state index is 12.4. The molecular formula is C12H18N2O4S. The number of pyridine rings is 1. The number of sulfonamides is 1. The molecule has 1 aliphatic heterocycles. The molecule has 106 valence electrons. The van der Waals surface area contributed by atoms with Gasteiger partial charge >= 0.3 is 0 Å². The van der Waals surface area contributed by atoms with E-state index in [1.807, 2.05) is 0 Å². The van der Waals surface area contributed by atoms with Gasteiger partial charge in [-0.25, -0.2) is 8.42 Å². The molecule has 2 rings (SSSR count). The van der Waals surface area contributed by atoms with Crippen LogP contribution in [0.1, 0.15) is 12.8 Å². The maximum Gasteiger partial charge on any atom is 0.248 e. The van der Waals surface area contributed by atoms with Gasteiger partial charge in [0, 0.05) is 38.7 Å². The number of aromatic amines is 1. The summed E-state index contributed by atoms with van der Waals surface area (Å²) in [6.07, 6.45) is 4.41. The van der Waals surface area contributed by atoms with Crippen molar-refractivity contribution in [2.45, 2.75) is 17.7 Å². The normalized spacial score (nSPS) is 21.4. The molecule has 7 heteroatoms. The highest BCUT2D eigenvalue weighted by Crippen LogP contribution is 2.22. The van der Waals surface area contributed by atoms with Gasteiger partial charge in [-0.1, -0.05) is 0 Å². The van der Waals surface area contributed by atoms with Crippen LogP contribution in [0.4, 0.5) is 0 Å². The summed E-state index contributed by atoms with van der Waals surface area (Å²) >= 11 is 0. The minimum Gasteiger partial charge on any atom is -0.384 e. The molecule has 1 fully saturated rings. The smallest absolute Gasteiger partial charge is 0.248 e. The third-order valence-corrected chi connectivity index (χ3v) is 5.18. The fourth-order valence-corrected chi connectivity index (χ4v) is 3.95. The topological polar surface area (TPSA) is 79.5 Å². The van der Waals surface area contributed by atoms with E-state index in [9.17, 15) is 13.2 Å². The first kappa shape index (κ1) is 14.2. The highest BCUT2D eigenvalue weighted by atomic mass is 32.2. The summed E-state index contributed by atoms with van der Waals surface area (Å²) in [7, 11) is -2.10. The second kappa shape index (κ2) is 5.85. The molecule has 0 bridgehead atoms. The third-order valence-electron chi connectivity index (χ3n) is 3.29. The number of H-pyrrole nitrogens is 1. The summed E-state index contributed by atoms with van der Waals surface area (Å²) in [5.41, 5.74) is -0.479. The number of aromatic nitrogens is 1. The van der Waals surface area contributed by atoms with Crippen LogP contribution in [0.15, 0.2) is 28.2 Å². The Labute approximate surface area is 112 Å². The van der Waals surface area contributed by atoms with E-state index in [1.54, 1.807) is 7.11 Å². The van der Waals surface area contributed by atoms with Crippen LogP contribution >= 0.6 is 0 Å².